The molecular formula is C8H16O2. The summed E-state index contributed by atoms with van der Waals surface area (Å²) in [5, 5.41) is 0. The van der Waals surface area contributed by atoms with Crippen molar-refractivity contribution in [1.29, 1.82) is 0 Å². The van der Waals surface area contributed by atoms with Gasteiger partial charge in [0.1, 0.15) is 6.29 Å². The van der Waals surface area contributed by atoms with E-state index in [1.165, 1.54) is 0 Å². The number of carbonyl (C=O) groups is 1. The largest absolute Gasteiger partial charge is 0.379 e. The molecule has 0 bridgehead atoms. The van der Waals surface area contributed by atoms with Crippen LogP contribution in [0.5, 0.6) is 0 Å². The molecule has 0 saturated carbocycles. The van der Waals surface area contributed by atoms with Gasteiger partial charge >= 0.3 is 0 Å². The highest BCUT2D eigenvalue weighted by Crippen LogP contribution is 2.01. The van der Waals surface area contributed by atoms with E-state index in [0.29, 0.717) is 18.9 Å². The molecule has 0 aliphatic rings. The SMILES string of the molecule is CC(CC=O)COC(C)C. The molecule has 0 N–H and O–H groups in total. The van der Waals surface area contributed by atoms with Crippen LogP contribution in [0.2, 0.25) is 0 Å². The summed E-state index contributed by atoms with van der Waals surface area (Å²) in [6.45, 7) is 6.69. The van der Waals surface area contributed by atoms with E-state index >= 15 is 0 Å². The van der Waals surface area contributed by atoms with Crippen LogP contribution in [-0.2, 0) is 9.53 Å². The van der Waals surface area contributed by atoms with Gasteiger partial charge in [-0.05, 0) is 19.8 Å². The van der Waals surface area contributed by atoms with Crippen LogP contribution in [0.1, 0.15) is 27.2 Å². The standard InChI is InChI=1S/C8H16O2/c1-7(2)10-6-8(3)4-5-9/h5,7-8H,4,6H2,1-3H3. The lowest BCUT2D eigenvalue weighted by Crippen LogP contribution is -2.11. The zero-order valence-electron chi connectivity index (χ0n) is 6.96. The Balaban J connectivity index is 3.20. The maximum Gasteiger partial charge on any atom is 0.120 e. The van der Waals surface area contributed by atoms with Crippen molar-refractivity contribution >= 4 is 6.29 Å². The van der Waals surface area contributed by atoms with E-state index in [1.807, 2.05) is 20.8 Å². The van der Waals surface area contributed by atoms with E-state index in [0.717, 1.165) is 6.29 Å². The number of aldehydes is 1. The lowest BCUT2D eigenvalue weighted by Gasteiger charge is -2.10. The smallest absolute Gasteiger partial charge is 0.120 e. The molecule has 1 atom stereocenters. The van der Waals surface area contributed by atoms with Gasteiger partial charge in [-0.3, -0.25) is 0 Å². The average molecular weight is 144 g/mol. The summed E-state index contributed by atoms with van der Waals surface area (Å²) in [6.07, 6.45) is 1.82. The van der Waals surface area contributed by atoms with Crippen LogP contribution in [-0.4, -0.2) is 19.0 Å². The van der Waals surface area contributed by atoms with Crippen LogP contribution in [0.25, 0.3) is 0 Å². The van der Waals surface area contributed by atoms with Gasteiger partial charge in [0, 0.05) is 13.0 Å². The Labute approximate surface area is 62.6 Å². The van der Waals surface area contributed by atoms with E-state index in [2.05, 4.69) is 0 Å². The molecule has 2 nitrogen and oxygen atoms in total. The van der Waals surface area contributed by atoms with Gasteiger partial charge in [0.05, 0.1) is 6.10 Å². The number of hydrogen-bond donors (Lipinski definition) is 0. The van der Waals surface area contributed by atoms with Crippen molar-refractivity contribution in [3.63, 3.8) is 0 Å². The topological polar surface area (TPSA) is 26.3 Å². The van der Waals surface area contributed by atoms with Gasteiger partial charge in [-0.25, -0.2) is 0 Å². The van der Waals surface area contributed by atoms with E-state index in [4.69, 9.17) is 4.74 Å². The minimum atomic E-state index is 0.272. The van der Waals surface area contributed by atoms with Crippen molar-refractivity contribution in [1.82, 2.24) is 0 Å². The van der Waals surface area contributed by atoms with E-state index < -0.39 is 0 Å². The van der Waals surface area contributed by atoms with Crippen LogP contribution in [0.3, 0.4) is 0 Å². The van der Waals surface area contributed by atoms with Crippen molar-refractivity contribution in [2.24, 2.45) is 5.92 Å². The predicted molar refractivity (Wildman–Crippen MR) is 40.9 cm³/mol. The molecule has 1 unspecified atom stereocenters. The third-order valence-corrected chi connectivity index (χ3v) is 1.21. The lowest BCUT2D eigenvalue weighted by molar-refractivity contribution is -0.109. The van der Waals surface area contributed by atoms with Crippen molar-refractivity contribution in [2.75, 3.05) is 6.61 Å². The van der Waals surface area contributed by atoms with Crippen LogP contribution >= 0.6 is 0 Å². The molecule has 10 heavy (non-hydrogen) atoms. The summed E-state index contributed by atoms with van der Waals surface area (Å²) in [6, 6.07) is 0. The van der Waals surface area contributed by atoms with Gasteiger partial charge < -0.3 is 9.53 Å². The maximum atomic E-state index is 10.0. The summed E-state index contributed by atoms with van der Waals surface area (Å²) in [5.41, 5.74) is 0. The molecule has 60 valence electrons. The Bertz CT molecular complexity index is 89.3. The van der Waals surface area contributed by atoms with Gasteiger partial charge in [-0.2, -0.15) is 0 Å². The molecule has 0 fully saturated rings. The quantitative estimate of drug-likeness (QED) is 0.548. The molecule has 0 aliphatic heterocycles. The first kappa shape index (κ1) is 9.63. The molecule has 0 aromatic rings. The number of rotatable bonds is 5. The van der Waals surface area contributed by atoms with Crippen LogP contribution < -0.4 is 0 Å². The van der Waals surface area contributed by atoms with Crippen molar-refractivity contribution in [3.05, 3.63) is 0 Å². The maximum absolute atomic E-state index is 10.0. The highest BCUT2D eigenvalue weighted by molar-refractivity contribution is 5.49. The Morgan fingerprint density at radius 1 is 1.40 bits per heavy atom. The van der Waals surface area contributed by atoms with Gasteiger partial charge in [0.2, 0.25) is 0 Å². The summed E-state index contributed by atoms with van der Waals surface area (Å²) < 4.78 is 5.30. The average Bonchev–Trinajstić information content (AvgIpc) is 1.85. The van der Waals surface area contributed by atoms with Crippen LogP contribution in [0.15, 0.2) is 0 Å². The lowest BCUT2D eigenvalue weighted by atomic mass is 10.1. The van der Waals surface area contributed by atoms with Crippen LogP contribution in [0, 0.1) is 5.92 Å². The van der Waals surface area contributed by atoms with Gasteiger partial charge in [-0.1, -0.05) is 6.92 Å². The molecule has 0 saturated heterocycles. The summed E-state index contributed by atoms with van der Waals surface area (Å²) in [7, 11) is 0. The highest BCUT2D eigenvalue weighted by atomic mass is 16.5. The van der Waals surface area contributed by atoms with Gasteiger partial charge in [0.15, 0.2) is 0 Å². The second-order valence-electron chi connectivity index (χ2n) is 2.89. The first-order valence-corrected chi connectivity index (χ1v) is 3.72. The third-order valence-electron chi connectivity index (χ3n) is 1.21. The molecule has 2 heteroatoms. The zero-order valence-corrected chi connectivity index (χ0v) is 6.96. The fourth-order valence-electron chi connectivity index (χ4n) is 0.589. The molecule has 0 rings (SSSR count). The highest BCUT2D eigenvalue weighted by Gasteiger charge is 2.01. The molecule has 0 radical (unpaired) electrons. The van der Waals surface area contributed by atoms with Crippen molar-refractivity contribution in [2.45, 2.75) is 33.3 Å². The van der Waals surface area contributed by atoms with E-state index in [9.17, 15) is 4.79 Å². The first-order valence-electron chi connectivity index (χ1n) is 3.72. The predicted octanol–water partition coefficient (Wildman–Crippen LogP) is 1.64. The Kier molecular flexibility index (Phi) is 5.22. The Morgan fingerprint density at radius 2 is 2.00 bits per heavy atom. The zero-order chi connectivity index (χ0) is 7.98. The summed E-state index contributed by atoms with van der Waals surface area (Å²) in [5.74, 6) is 0.361. The van der Waals surface area contributed by atoms with Gasteiger partial charge in [0.25, 0.3) is 0 Å². The molecule has 0 aromatic carbocycles. The van der Waals surface area contributed by atoms with Crippen molar-refractivity contribution in [3.8, 4) is 0 Å². The van der Waals surface area contributed by atoms with E-state index in [-0.39, 0.29) is 6.10 Å². The Hall–Kier alpha value is -0.370. The second kappa shape index (κ2) is 5.42. The fraction of sp³-hybridized carbons (Fsp3) is 0.875. The number of carbonyl (C=O) groups excluding carboxylic acids is 1. The molecule has 0 heterocycles. The second-order valence-corrected chi connectivity index (χ2v) is 2.89. The molecule has 0 aromatic heterocycles. The summed E-state index contributed by atoms with van der Waals surface area (Å²) >= 11 is 0. The van der Waals surface area contributed by atoms with Gasteiger partial charge in [-0.15, -0.1) is 0 Å². The molecule has 0 amide bonds. The number of ether oxygens (including phenoxy) is 1. The van der Waals surface area contributed by atoms with Crippen LogP contribution in [0.4, 0.5) is 0 Å². The summed E-state index contributed by atoms with van der Waals surface area (Å²) in [4.78, 5) is 10.0. The minimum absolute atomic E-state index is 0.272. The minimum Gasteiger partial charge on any atom is -0.379 e. The molecule has 0 aliphatic carbocycles. The molecular weight excluding hydrogens is 128 g/mol. The first-order chi connectivity index (χ1) is 4.66. The fourth-order valence-corrected chi connectivity index (χ4v) is 0.589. The monoisotopic (exact) mass is 144 g/mol. The number of hydrogen-bond acceptors (Lipinski definition) is 2. The van der Waals surface area contributed by atoms with Crippen molar-refractivity contribution < 1.29 is 9.53 Å². The normalized spacial score (nSPS) is 13.6. The Morgan fingerprint density at radius 3 is 2.40 bits per heavy atom. The third kappa shape index (κ3) is 5.76. The van der Waals surface area contributed by atoms with E-state index in [1.54, 1.807) is 0 Å². The molecule has 0 spiro atoms.